The van der Waals surface area contributed by atoms with Crippen LogP contribution in [0.5, 0.6) is 0 Å². The maximum atomic E-state index is 12.3. The van der Waals surface area contributed by atoms with Gasteiger partial charge in [-0.25, -0.2) is 4.79 Å². The minimum Gasteiger partial charge on any atom is -0.481 e. The monoisotopic (exact) mass is 280 g/mol. The molecule has 6 heteroatoms. The quantitative estimate of drug-likeness (QED) is 0.650. The van der Waals surface area contributed by atoms with E-state index >= 15 is 0 Å². The normalized spacial score (nSPS) is 39.0. The van der Waals surface area contributed by atoms with E-state index in [1.807, 2.05) is 4.90 Å². The average molecular weight is 280 g/mol. The molecule has 2 amide bonds. The first kappa shape index (κ1) is 13.4. The number of carboxylic acid groups (broad SMARTS) is 1. The van der Waals surface area contributed by atoms with Crippen LogP contribution in [0, 0.1) is 5.92 Å². The number of nitrogens with one attached hydrogen (secondary N) is 1. The molecule has 0 aromatic carbocycles. The van der Waals surface area contributed by atoms with Crippen molar-refractivity contribution in [2.24, 2.45) is 5.92 Å². The van der Waals surface area contributed by atoms with Gasteiger partial charge in [-0.3, -0.25) is 4.79 Å². The first-order valence-corrected chi connectivity index (χ1v) is 7.22. The van der Waals surface area contributed by atoms with Crippen molar-refractivity contribution in [1.29, 1.82) is 0 Å². The molecular formula is C14H20N2O4. The second-order valence-corrected chi connectivity index (χ2v) is 6.04. The summed E-state index contributed by atoms with van der Waals surface area (Å²) < 4.78 is 0. The Morgan fingerprint density at radius 3 is 2.30 bits per heavy atom. The smallest absolute Gasteiger partial charge is 0.318 e. The molecule has 0 aromatic rings. The standard InChI is InChI=1S/C14H20N2O4/c17-12-6-10-3-4-11(7-12)16(10)14(20)15-9-2-1-8(5-9)13(18)19/h1-2,8-12,17H,3-7H2,(H,15,20)(H,18,19). The highest BCUT2D eigenvalue weighted by molar-refractivity contribution is 5.77. The summed E-state index contributed by atoms with van der Waals surface area (Å²) in [5.41, 5.74) is 0. The topological polar surface area (TPSA) is 89.9 Å². The Kier molecular flexibility index (Phi) is 3.41. The maximum Gasteiger partial charge on any atom is 0.318 e. The van der Waals surface area contributed by atoms with Crippen LogP contribution in [0.25, 0.3) is 0 Å². The molecule has 2 saturated heterocycles. The van der Waals surface area contributed by atoms with Gasteiger partial charge in [-0.2, -0.15) is 0 Å². The van der Waals surface area contributed by atoms with Gasteiger partial charge in [0, 0.05) is 12.1 Å². The van der Waals surface area contributed by atoms with Crippen LogP contribution in [0.4, 0.5) is 4.79 Å². The number of nitrogens with zero attached hydrogens (tertiary/aromatic N) is 1. The van der Waals surface area contributed by atoms with Crippen molar-refractivity contribution in [2.45, 2.75) is 56.3 Å². The molecule has 2 heterocycles. The number of carbonyl (C=O) groups excluding carboxylic acids is 1. The second-order valence-electron chi connectivity index (χ2n) is 6.04. The third-order valence-corrected chi connectivity index (χ3v) is 4.65. The van der Waals surface area contributed by atoms with E-state index in [0.717, 1.165) is 12.8 Å². The van der Waals surface area contributed by atoms with Gasteiger partial charge >= 0.3 is 12.0 Å². The SMILES string of the molecule is O=C(O)C1C=CC(NC(=O)N2C3CCC2CC(O)C3)C1. The van der Waals surface area contributed by atoms with Crippen LogP contribution in [0.1, 0.15) is 32.1 Å². The molecule has 110 valence electrons. The summed E-state index contributed by atoms with van der Waals surface area (Å²) in [5.74, 6) is -1.35. The maximum absolute atomic E-state index is 12.3. The lowest BCUT2D eigenvalue weighted by molar-refractivity contribution is -0.140. The molecule has 4 unspecified atom stereocenters. The summed E-state index contributed by atoms with van der Waals surface area (Å²) in [6.07, 6.45) is 6.75. The van der Waals surface area contributed by atoms with Crippen LogP contribution >= 0.6 is 0 Å². The number of urea groups is 1. The highest BCUT2D eigenvalue weighted by Crippen LogP contribution is 2.35. The van der Waals surface area contributed by atoms with E-state index in [0.29, 0.717) is 19.3 Å². The lowest BCUT2D eigenvalue weighted by Gasteiger charge is -2.37. The first-order chi connectivity index (χ1) is 9.54. The van der Waals surface area contributed by atoms with E-state index in [1.54, 1.807) is 12.2 Å². The van der Waals surface area contributed by atoms with Crippen LogP contribution in [-0.2, 0) is 4.79 Å². The third kappa shape index (κ3) is 2.40. The molecule has 0 spiro atoms. The molecule has 20 heavy (non-hydrogen) atoms. The van der Waals surface area contributed by atoms with Crippen molar-refractivity contribution >= 4 is 12.0 Å². The van der Waals surface area contributed by atoms with Crippen LogP contribution < -0.4 is 5.32 Å². The number of amides is 2. The average Bonchev–Trinajstić information content (AvgIpc) is 2.93. The molecule has 4 atom stereocenters. The Labute approximate surface area is 117 Å². The van der Waals surface area contributed by atoms with Gasteiger partial charge in [0.15, 0.2) is 0 Å². The summed E-state index contributed by atoms with van der Waals surface area (Å²) in [4.78, 5) is 25.1. The van der Waals surface area contributed by atoms with Gasteiger partial charge in [-0.05, 0) is 32.1 Å². The molecule has 2 aliphatic heterocycles. The van der Waals surface area contributed by atoms with E-state index in [2.05, 4.69) is 5.32 Å². The highest BCUT2D eigenvalue weighted by Gasteiger charge is 2.43. The number of hydrogen-bond donors (Lipinski definition) is 3. The Hall–Kier alpha value is -1.56. The van der Waals surface area contributed by atoms with Crippen molar-refractivity contribution in [2.75, 3.05) is 0 Å². The molecule has 6 nitrogen and oxygen atoms in total. The lowest BCUT2D eigenvalue weighted by Crippen LogP contribution is -2.53. The van der Waals surface area contributed by atoms with Crippen LogP contribution in [0.2, 0.25) is 0 Å². The number of aliphatic hydroxyl groups excluding tert-OH is 1. The number of piperidine rings is 1. The van der Waals surface area contributed by atoms with Gasteiger partial charge < -0.3 is 20.4 Å². The lowest BCUT2D eigenvalue weighted by atomic mass is 10.0. The van der Waals surface area contributed by atoms with Crippen LogP contribution in [-0.4, -0.2) is 51.3 Å². The predicted octanol–water partition coefficient (Wildman–Crippen LogP) is 0.713. The molecule has 0 saturated carbocycles. The summed E-state index contributed by atoms with van der Waals surface area (Å²) in [7, 11) is 0. The van der Waals surface area contributed by atoms with Gasteiger partial charge in [0.05, 0.1) is 18.1 Å². The van der Waals surface area contributed by atoms with Crippen molar-refractivity contribution in [1.82, 2.24) is 10.2 Å². The van der Waals surface area contributed by atoms with E-state index < -0.39 is 11.9 Å². The summed E-state index contributed by atoms with van der Waals surface area (Å²) in [5, 5.41) is 21.6. The number of rotatable bonds is 2. The fourth-order valence-electron chi connectivity index (χ4n) is 3.70. The zero-order valence-electron chi connectivity index (χ0n) is 11.2. The second kappa shape index (κ2) is 5.09. The minimum atomic E-state index is -0.848. The zero-order valence-corrected chi connectivity index (χ0v) is 11.2. The largest absolute Gasteiger partial charge is 0.481 e. The first-order valence-electron chi connectivity index (χ1n) is 7.22. The summed E-state index contributed by atoms with van der Waals surface area (Å²) in [6.45, 7) is 0. The Bertz CT molecular complexity index is 436. The molecule has 2 bridgehead atoms. The number of aliphatic carboxylic acids is 1. The van der Waals surface area contributed by atoms with Gasteiger partial charge in [0.25, 0.3) is 0 Å². The van der Waals surface area contributed by atoms with Crippen LogP contribution in [0.15, 0.2) is 12.2 Å². The van der Waals surface area contributed by atoms with Gasteiger partial charge in [-0.15, -0.1) is 0 Å². The van der Waals surface area contributed by atoms with Gasteiger partial charge in [0.2, 0.25) is 0 Å². The number of carboxylic acids is 1. The molecular weight excluding hydrogens is 260 g/mol. The Morgan fingerprint density at radius 1 is 1.10 bits per heavy atom. The molecule has 2 fully saturated rings. The van der Waals surface area contributed by atoms with E-state index in [-0.39, 0.29) is 30.3 Å². The summed E-state index contributed by atoms with van der Waals surface area (Å²) >= 11 is 0. The van der Waals surface area contributed by atoms with Gasteiger partial charge in [0.1, 0.15) is 0 Å². The highest BCUT2D eigenvalue weighted by atomic mass is 16.4. The van der Waals surface area contributed by atoms with Crippen molar-refractivity contribution < 1.29 is 19.8 Å². The molecule has 0 radical (unpaired) electrons. The van der Waals surface area contributed by atoms with Crippen LogP contribution in [0.3, 0.4) is 0 Å². The molecule has 3 N–H and O–H groups in total. The number of aliphatic hydroxyl groups is 1. The van der Waals surface area contributed by atoms with Crippen molar-refractivity contribution in [3.8, 4) is 0 Å². The van der Waals surface area contributed by atoms with E-state index in [9.17, 15) is 14.7 Å². The van der Waals surface area contributed by atoms with Crippen molar-refractivity contribution in [3.63, 3.8) is 0 Å². The Morgan fingerprint density at radius 2 is 1.75 bits per heavy atom. The number of fused-ring (bicyclic) bond motifs is 2. The summed E-state index contributed by atoms with van der Waals surface area (Å²) in [6, 6.07) is -0.0613. The number of carbonyl (C=O) groups is 2. The van der Waals surface area contributed by atoms with Crippen molar-refractivity contribution in [3.05, 3.63) is 12.2 Å². The fraction of sp³-hybridized carbons (Fsp3) is 0.714. The molecule has 1 aliphatic carbocycles. The zero-order chi connectivity index (χ0) is 14.3. The number of hydrogen-bond acceptors (Lipinski definition) is 3. The van der Waals surface area contributed by atoms with Gasteiger partial charge in [-0.1, -0.05) is 12.2 Å². The minimum absolute atomic E-state index is 0.120. The Balaban J connectivity index is 1.58. The fourth-order valence-corrected chi connectivity index (χ4v) is 3.70. The molecule has 3 rings (SSSR count). The molecule has 0 aromatic heterocycles. The molecule has 3 aliphatic rings. The predicted molar refractivity (Wildman–Crippen MR) is 71.1 cm³/mol. The van der Waals surface area contributed by atoms with E-state index in [1.165, 1.54) is 0 Å². The third-order valence-electron chi connectivity index (χ3n) is 4.65. The van der Waals surface area contributed by atoms with E-state index in [4.69, 9.17) is 5.11 Å².